The molecule has 9 heteroatoms. The minimum Gasteiger partial charge on any atom is -0.325 e. The van der Waals surface area contributed by atoms with Gasteiger partial charge in [-0.15, -0.1) is 10.2 Å². The number of nitrogens with one attached hydrogen (secondary N) is 1. The predicted molar refractivity (Wildman–Crippen MR) is 118 cm³/mol. The van der Waals surface area contributed by atoms with E-state index < -0.39 is 5.82 Å². The first-order valence-electron chi connectivity index (χ1n) is 10.1. The highest BCUT2D eigenvalue weighted by molar-refractivity contribution is 7.99. The quantitative estimate of drug-likeness (QED) is 0.449. The van der Waals surface area contributed by atoms with Gasteiger partial charge in [-0.25, -0.2) is 8.78 Å². The molecule has 0 unspecified atom stereocenters. The Balaban J connectivity index is 1.54. The Morgan fingerprint density at radius 3 is 2.61 bits per heavy atom. The molecule has 1 aliphatic rings. The van der Waals surface area contributed by atoms with Crippen molar-refractivity contribution in [2.24, 2.45) is 0 Å². The van der Waals surface area contributed by atoms with Crippen LogP contribution in [0.4, 0.5) is 14.5 Å². The molecule has 31 heavy (non-hydrogen) atoms. The van der Waals surface area contributed by atoms with E-state index in [2.05, 4.69) is 15.5 Å². The lowest BCUT2D eigenvalue weighted by atomic mass is 9.95. The van der Waals surface area contributed by atoms with Crippen LogP contribution in [0.3, 0.4) is 0 Å². The third-order valence-electron chi connectivity index (χ3n) is 5.25. The maximum Gasteiger partial charge on any atom is 0.234 e. The van der Waals surface area contributed by atoms with Crippen LogP contribution in [0.25, 0.3) is 11.4 Å². The minimum atomic E-state index is -0.546. The zero-order valence-corrected chi connectivity index (χ0v) is 18.2. The standard InChI is InChI=1S/C22H21ClF2N4OS/c23-17-12-14(10-11-19(17)25)26-20(30)13-31-22-28-27-21(16-8-4-5-9-18(16)24)29(22)15-6-2-1-3-7-15/h4-5,8-12,15H,1-3,6-7,13H2,(H,26,30). The molecular weight excluding hydrogens is 442 g/mol. The Labute approximate surface area is 188 Å². The second-order valence-corrected chi connectivity index (χ2v) is 8.76. The fourth-order valence-corrected chi connectivity index (χ4v) is 4.76. The van der Waals surface area contributed by atoms with Crippen LogP contribution < -0.4 is 5.32 Å². The Bertz CT molecular complexity index is 1090. The number of hydrogen-bond donors (Lipinski definition) is 1. The van der Waals surface area contributed by atoms with Gasteiger partial charge in [0.2, 0.25) is 5.91 Å². The third-order valence-corrected chi connectivity index (χ3v) is 6.49. The summed E-state index contributed by atoms with van der Waals surface area (Å²) in [6.07, 6.45) is 5.30. The largest absolute Gasteiger partial charge is 0.325 e. The summed E-state index contributed by atoms with van der Waals surface area (Å²) in [5.41, 5.74) is 0.815. The fraction of sp³-hybridized carbons (Fsp3) is 0.318. The van der Waals surface area contributed by atoms with Crippen LogP contribution in [0.2, 0.25) is 5.02 Å². The molecule has 0 spiro atoms. The van der Waals surface area contributed by atoms with E-state index in [1.165, 1.54) is 42.4 Å². The number of amides is 1. The number of hydrogen-bond acceptors (Lipinski definition) is 4. The van der Waals surface area contributed by atoms with E-state index >= 15 is 0 Å². The van der Waals surface area contributed by atoms with Gasteiger partial charge in [-0.05, 0) is 43.2 Å². The Hall–Kier alpha value is -2.45. The summed E-state index contributed by atoms with van der Waals surface area (Å²) in [5.74, 6) is -0.613. The lowest BCUT2D eigenvalue weighted by Gasteiger charge is -2.25. The van der Waals surface area contributed by atoms with E-state index in [0.717, 1.165) is 25.7 Å². The number of rotatable bonds is 6. The van der Waals surface area contributed by atoms with Crippen LogP contribution in [0, 0.1) is 11.6 Å². The maximum atomic E-state index is 14.5. The molecule has 0 radical (unpaired) electrons. The first-order chi connectivity index (χ1) is 15.0. The molecule has 0 aliphatic heterocycles. The Morgan fingerprint density at radius 1 is 1.10 bits per heavy atom. The third kappa shape index (κ3) is 5.07. The molecule has 4 rings (SSSR count). The summed E-state index contributed by atoms with van der Waals surface area (Å²) in [6.45, 7) is 0. The van der Waals surface area contributed by atoms with Crippen molar-refractivity contribution in [2.45, 2.75) is 43.3 Å². The number of carbonyl (C=O) groups excluding carboxylic acids is 1. The van der Waals surface area contributed by atoms with Crippen molar-refractivity contribution in [1.29, 1.82) is 0 Å². The molecule has 0 bridgehead atoms. The SMILES string of the molecule is O=C(CSc1nnc(-c2ccccc2F)n1C1CCCCC1)Nc1ccc(F)c(Cl)c1. The van der Waals surface area contributed by atoms with Gasteiger partial charge in [-0.2, -0.15) is 0 Å². The summed E-state index contributed by atoms with van der Waals surface area (Å²) in [5, 5.41) is 11.8. The number of aromatic nitrogens is 3. The van der Waals surface area contributed by atoms with Crippen molar-refractivity contribution in [1.82, 2.24) is 14.8 Å². The van der Waals surface area contributed by atoms with Gasteiger partial charge in [0.05, 0.1) is 16.3 Å². The van der Waals surface area contributed by atoms with Crippen LogP contribution in [-0.2, 0) is 4.79 Å². The first-order valence-corrected chi connectivity index (χ1v) is 11.5. The van der Waals surface area contributed by atoms with E-state index in [1.54, 1.807) is 18.2 Å². The van der Waals surface area contributed by atoms with Gasteiger partial charge >= 0.3 is 0 Å². The second kappa shape index (κ2) is 9.78. The van der Waals surface area contributed by atoms with E-state index in [9.17, 15) is 13.6 Å². The zero-order valence-electron chi connectivity index (χ0n) is 16.7. The van der Waals surface area contributed by atoms with Gasteiger partial charge in [-0.1, -0.05) is 54.8 Å². The molecule has 2 aromatic carbocycles. The molecule has 3 aromatic rings. The monoisotopic (exact) mass is 462 g/mol. The van der Waals surface area contributed by atoms with Crippen LogP contribution in [0.1, 0.15) is 38.1 Å². The maximum absolute atomic E-state index is 14.5. The van der Waals surface area contributed by atoms with E-state index in [4.69, 9.17) is 11.6 Å². The summed E-state index contributed by atoms with van der Waals surface area (Å²) >= 11 is 7.01. The van der Waals surface area contributed by atoms with Crippen molar-refractivity contribution < 1.29 is 13.6 Å². The van der Waals surface area contributed by atoms with E-state index in [1.807, 2.05) is 4.57 Å². The number of nitrogens with zero attached hydrogens (tertiary/aromatic N) is 3. The van der Waals surface area contributed by atoms with Crippen LogP contribution in [0.5, 0.6) is 0 Å². The lowest BCUT2D eigenvalue weighted by molar-refractivity contribution is -0.113. The van der Waals surface area contributed by atoms with Gasteiger partial charge in [0, 0.05) is 11.7 Å². The molecule has 162 valence electrons. The normalized spacial score (nSPS) is 14.5. The lowest BCUT2D eigenvalue weighted by Crippen LogP contribution is -2.17. The number of carbonyl (C=O) groups is 1. The molecular formula is C22H21ClF2N4OS. The van der Waals surface area contributed by atoms with Crippen molar-refractivity contribution in [3.8, 4) is 11.4 Å². The second-order valence-electron chi connectivity index (χ2n) is 7.41. The smallest absolute Gasteiger partial charge is 0.234 e. The first kappa shape index (κ1) is 21.8. The average Bonchev–Trinajstić information content (AvgIpc) is 3.19. The molecule has 1 fully saturated rings. The van der Waals surface area contributed by atoms with Gasteiger partial charge in [0.1, 0.15) is 11.6 Å². The zero-order chi connectivity index (χ0) is 21.8. The van der Waals surface area contributed by atoms with Crippen molar-refractivity contribution >= 4 is 35.0 Å². The summed E-state index contributed by atoms with van der Waals surface area (Å²) in [4.78, 5) is 12.4. The van der Waals surface area contributed by atoms with Gasteiger partial charge in [-0.3, -0.25) is 9.36 Å². The average molecular weight is 463 g/mol. The summed E-state index contributed by atoms with van der Waals surface area (Å²) < 4.78 is 29.7. The van der Waals surface area contributed by atoms with Crippen LogP contribution in [-0.4, -0.2) is 26.4 Å². The van der Waals surface area contributed by atoms with Crippen molar-refractivity contribution in [3.63, 3.8) is 0 Å². The van der Waals surface area contributed by atoms with Gasteiger partial charge < -0.3 is 5.32 Å². The molecule has 1 saturated carbocycles. The fourth-order valence-electron chi connectivity index (χ4n) is 3.77. The van der Waals surface area contributed by atoms with Crippen molar-refractivity contribution in [2.75, 3.05) is 11.1 Å². The molecule has 1 aromatic heterocycles. The highest BCUT2D eigenvalue weighted by Crippen LogP contribution is 2.36. The predicted octanol–water partition coefficient (Wildman–Crippen LogP) is 6.11. The van der Waals surface area contributed by atoms with Gasteiger partial charge in [0.25, 0.3) is 0 Å². The molecule has 0 atom stereocenters. The molecule has 1 heterocycles. The highest BCUT2D eigenvalue weighted by Gasteiger charge is 2.25. The number of anilines is 1. The molecule has 1 aliphatic carbocycles. The topological polar surface area (TPSA) is 59.8 Å². The summed E-state index contributed by atoms with van der Waals surface area (Å²) in [6, 6.07) is 10.7. The number of thioether (sulfide) groups is 1. The Morgan fingerprint density at radius 2 is 1.87 bits per heavy atom. The minimum absolute atomic E-state index is 0.0583. The number of halogens is 3. The van der Waals surface area contributed by atoms with Gasteiger partial charge in [0.15, 0.2) is 11.0 Å². The highest BCUT2D eigenvalue weighted by atomic mass is 35.5. The molecule has 5 nitrogen and oxygen atoms in total. The van der Waals surface area contributed by atoms with E-state index in [0.29, 0.717) is 22.2 Å². The molecule has 1 amide bonds. The molecule has 1 N–H and O–H groups in total. The van der Waals surface area contributed by atoms with E-state index in [-0.39, 0.29) is 28.5 Å². The number of benzene rings is 2. The van der Waals surface area contributed by atoms with Crippen LogP contribution in [0.15, 0.2) is 47.6 Å². The molecule has 0 saturated heterocycles. The van der Waals surface area contributed by atoms with Crippen LogP contribution >= 0.6 is 23.4 Å². The summed E-state index contributed by atoms with van der Waals surface area (Å²) in [7, 11) is 0. The van der Waals surface area contributed by atoms with Crippen molar-refractivity contribution in [3.05, 3.63) is 59.1 Å². The Kier molecular flexibility index (Phi) is 6.87.